The first-order valence-corrected chi connectivity index (χ1v) is 12.7. The van der Waals surface area contributed by atoms with Gasteiger partial charge < -0.3 is 19.8 Å². The number of hydrogen-bond acceptors (Lipinski definition) is 5. The highest BCUT2D eigenvalue weighted by Gasteiger charge is 2.38. The van der Waals surface area contributed by atoms with Crippen molar-refractivity contribution in [1.82, 2.24) is 0 Å². The summed E-state index contributed by atoms with van der Waals surface area (Å²) in [5, 5.41) is 19.3. The molecule has 2 heterocycles. The SMILES string of the molecule is O=C1CC(c2ccc(-c3ccc(SCC4CC(O)CC(CO)O4)cc3)cc2)N1c1ccccc1. The van der Waals surface area contributed by atoms with E-state index in [0.717, 1.165) is 33.0 Å². The number of carbonyl (C=O) groups is 1. The van der Waals surface area contributed by atoms with Gasteiger partial charge in [-0.15, -0.1) is 11.8 Å². The summed E-state index contributed by atoms with van der Waals surface area (Å²) in [7, 11) is 0. The Morgan fingerprint density at radius 2 is 1.53 bits per heavy atom. The summed E-state index contributed by atoms with van der Waals surface area (Å²) in [4.78, 5) is 15.3. The van der Waals surface area contributed by atoms with Crippen LogP contribution in [0.4, 0.5) is 5.69 Å². The van der Waals surface area contributed by atoms with Gasteiger partial charge in [-0.3, -0.25) is 4.79 Å². The summed E-state index contributed by atoms with van der Waals surface area (Å²) in [6, 6.07) is 26.9. The molecule has 3 aromatic carbocycles. The second-order valence-electron chi connectivity index (χ2n) is 8.96. The van der Waals surface area contributed by atoms with Gasteiger partial charge in [0.2, 0.25) is 5.91 Å². The summed E-state index contributed by atoms with van der Waals surface area (Å²) in [5.41, 5.74) is 4.38. The van der Waals surface area contributed by atoms with Gasteiger partial charge in [0.25, 0.3) is 0 Å². The molecule has 2 N–H and O–H groups in total. The number of para-hydroxylation sites is 1. The molecule has 2 saturated heterocycles. The number of hydrogen-bond donors (Lipinski definition) is 2. The quantitative estimate of drug-likeness (QED) is 0.379. The Bertz CT molecular complexity index is 1100. The van der Waals surface area contributed by atoms with Crippen LogP contribution in [0.1, 0.15) is 30.9 Å². The van der Waals surface area contributed by atoms with Crippen LogP contribution in [-0.2, 0) is 9.53 Å². The van der Waals surface area contributed by atoms with Crippen LogP contribution in [-0.4, -0.2) is 46.8 Å². The second kappa shape index (κ2) is 10.3. The van der Waals surface area contributed by atoms with Crippen molar-refractivity contribution >= 4 is 23.4 Å². The van der Waals surface area contributed by atoms with Gasteiger partial charge in [-0.2, -0.15) is 0 Å². The molecule has 2 aliphatic rings. The molecule has 5 rings (SSSR count). The molecular weight excluding hydrogens is 446 g/mol. The first-order chi connectivity index (χ1) is 16.6. The number of aliphatic hydroxyl groups excluding tert-OH is 2. The van der Waals surface area contributed by atoms with E-state index in [1.165, 1.54) is 0 Å². The zero-order chi connectivity index (χ0) is 23.5. The molecule has 34 heavy (non-hydrogen) atoms. The highest BCUT2D eigenvalue weighted by atomic mass is 32.2. The van der Waals surface area contributed by atoms with Crippen molar-refractivity contribution in [2.24, 2.45) is 0 Å². The van der Waals surface area contributed by atoms with Crippen LogP contribution < -0.4 is 4.90 Å². The van der Waals surface area contributed by atoms with Crippen molar-refractivity contribution in [3.05, 3.63) is 84.4 Å². The van der Waals surface area contributed by atoms with Gasteiger partial charge in [-0.05, 0) is 41.0 Å². The van der Waals surface area contributed by atoms with E-state index in [9.17, 15) is 15.0 Å². The number of benzene rings is 3. The number of aliphatic hydroxyl groups is 2. The number of amides is 1. The normalized spacial score (nSPS) is 24.6. The van der Waals surface area contributed by atoms with E-state index in [1.807, 2.05) is 35.2 Å². The van der Waals surface area contributed by atoms with Crippen LogP contribution in [0.3, 0.4) is 0 Å². The van der Waals surface area contributed by atoms with Crippen LogP contribution in [0.2, 0.25) is 0 Å². The van der Waals surface area contributed by atoms with Crippen LogP contribution in [0.15, 0.2) is 83.8 Å². The zero-order valence-corrected chi connectivity index (χ0v) is 19.7. The molecule has 4 unspecified atom stereocenters. The largest absolute Gasteiger partial charge is 0.394 e. The van der Waals surface area contributed by atoms with E-state index >= 15 is 0 Å². The summed E-state index contributed by atoms with van der Waals surface area (Å²) in [6.45, 7) is -0.0486. The van der Waals surface area contributed by atoms with Gasteiger partial charge in [0.05, 0.1) is 37.4 Å². The summed E-state index contributed by atoms with van der Waals surface area (Å²) >= 11 is 1.71. The number of rotatable bonds is 7. The molecule has 0 spiro atoms. The molecule has 3 aromatic rings. The van der Waals surface area contributed by atoms with Crippen molar-refractivity contribution in [1.29, 1.82) is 0 Å². The zero-order valence-electron chi connectivity index (χ0n) is 18.9. The van der Waals surface area contributed by atoms with Gasteiger partial charge in [-0.25, -0.2) is 0 Å². The number of β-lactam (4-membered cyclic amide) rings is 1. The van der Waals surface area contributed by atoms with Gasteiger partial charge in [0, 0.05) is 29.2 Å². The average Bonchev–Trinajstić information content (AvgIpc) is 2.87. The minimum absolute atomic E-state index is 0.0486. The number of carbonyl (C=O) groups excluding carboxylic acids is 1. The minimum Gasteiger partial charge on any atom is -0.394 e. The van der Waals surface area contributed by atoms with E-state index in [0.29, 0.717) is 19.3 Å². The molecule has 6 heteroatoms. The van der Waals surface area contributed by atoms with E-state index in [4.69, 9.17) is 4.74 Å². The number of thioether (sulfide) groups is 1. The maximum Gasteiger partial charge on any atom is 0.230 e. The summed E-state index contributed by atoms with van der Waals surface area (Å²) < 4.78 is 5.85. The molecule has 0 radical (unpaired) electrons. The molecule has 2 fully saturated rings. The summed E-state index contributed by atoms with van der Waals surface area (Å²) in [6.07, 6.45) is 0.944. The Labute approximate surface area is 204 Å². The fourth-order valence-corrected chi connectivity index (χ4v) is 5.66. The molecule has 0 aliphatic carbocycles. The van der Waals surface area contributed by atoms with E-state index in [1.54, 1.807) is 11.8 Å². The van der Waals surface area contributed by atoms with Gasteiger partial charge in [-0.1, -0.05) is 54.6 Å². The number of nitrogens with zero attached hydrogens (tertiary/aromatic N) is 1. The Balaban J connectivity index is 1.20. The van der Waals surface area contributed by atoms with Crippen LogP contribution in [0.5, 0.6) is 0 Å². The van der Waals surface area contributed by atoms with Gasteiger partial charge >= 0.3 is 0 Å². The molecule has 176 valence electrons. The van der Waals surface area contributed by atoms with E-state index < -0.39 is 6.10 Å². The highest BCUT2D eigenvalue weighted by Crippen LogP contribution is 2.39. The predicted molar refractivity (Wildman–Crippen MR) is 135 cm³/mol. The number of anilines is 1. The fourth-order valence-electron chi connectivity index (χ4n) is 4.74. The molecule has 5 nitrogen and oxygen atoms in total. The van der Waals surface area contributed by atoms with E-state index in [-0.39, 0.29) is 30.8 Å². The topological polar surface area (TPSA) is 70.0 Å². The molecule has 1 amide bonds. The Hall–Kier alpha value is -2.64. The third kappa shape index (κ3) is 5.05. The smallest absolute Gasteiger partial charge is 0.230 e. The standard InChI is InChI=1S/C28H29NO4S/c30-17-24-14-23(31)15-25(33-24)18-34-26-12-10-20(11-13-26)19-6-8-21(9-7-19)27-16-28(32)29(27)22-4-2-1-3-5-22/h1-13,23-25,27,30-31H,14-18H2. The Kier molecular flexibility index (Phi) is 7.02. The van der Waals surface area contributed by atoms with Crippen molar-refractivity contribution in [2.75, 3.05) is 17.3 Å². The molecule has 0 saturated carbocycles. The van der Waals surface area contributed by atoms with Crippen LogP contribution in [0.25, 0.3) is 11.1 Å². The third-order valence-electron chi connectivity index (χ3n) is 6.56. The van der Waals surface area contributed by atoms with Gasteiger partial charge in [0.15, 0.2) is 0 Å². The molecule has 4 atom stereocenters. The predicted octanol–water partition coefficient (Wildman–Crippen LogP) is 4.82. The fraction of sp³-hybridized carbons (Fsp3) is 0.321. The number of ether oxygens (including phenoxy) is 1. The van der Waals surface area contributed by atoms with Crippen molar-refractivity contribution in [2.45, 2.75) is 48.5 Å². The van der Waals surface area contributed by atoms with Crippen LogP contribution in [0, 0.1) is 0 Å². The Morgan fingerprint density at radius 3 is 2.18 bits per heavy atom. The second-order valence-corrected chi connectivity index (χ2v) is 10.1. The average molecular weight is 476 g/mol. The molecule has 0 bridgehead atoms. The first-order valence-electron chi connectivity index (χ1n) is 11.8. The molecule has 0 aromatic heterocycles. The maximum absolute atomic E-state index is 12.2. The lowest BCUT2D eigenvalue weighted by molar-refractivity contribution is -0.124. The lowest BCUT2D eigenvalue weighted by atomic mass is 9.91. The maximum atomic E-state index is 12.2. The monoisotopic (exact) mass is 475 g/mol. The van der Waals surface area contributed by atoms with Crippen LogP contribution >= 0.6 is 11.8 Å². The van der Waals surface area contributed by atoms with Crippen molar-refractivity contribution in [3.63, 3.8) is 0 Å². The minimum atomic E-state index is -0.403. The Morgan fingerprint density at radius 1 is 0.882 bits per heavy atom. The van der Waals surface area contributed by atoms with E-state index in [2.05, 4.69) is 48.5 Å². The van der Waals surface area contributed by atoms with Crippen molar-refractivity contribution < 1.29 is 19.7 Å². The lowest BCUT2D eigenvalue weighted by Crippen LogP contribution is -2.46. The third-order valence-corrected chi connectivity index (χ3v) is 7.70. The highest BCUT2D eigenvalue weighted by molar-refractivity contribution is 7.99. The summed E-state index contributed by atoms with van der Waals surface area (Å²) in [5.74, 6) is 0.910. The molecule has 2 aliphatic heterocycles. The van der Waals surface area contributed by atoms with Crippen molar-refractivity contribution in [3.8, 4) is 11.1 Å². The molecular formula is C28H29NO4S. The van der Waals surface area contributed by atoms with Gasteiger partial charge in [0.1, 0.15) is 0 Å². The first kappa shape index (κ1) is 23.1. The lowest BCUT2D eigenvalue weighted by Gasteiger charge is -2.40.